The number of aliphatic hydroxyl groups excluding tert-OH is 1. The first kappa shape index (κ1) is 20.9. The number of hydrogen-bond donors (Lipinski definition) is 3. The number of carboxylic acids is 1. The normalized spacial score (nSPS) is 14.2. The third kappa shape index (κ3) is 4.67. The van der Waals surface area contributed by atoms with E-state index in [1.165, 1.54) is 12.3 Å². The van der Waals surface area contributed by atoms with Crippen LogP contribution in [0, 0.1) is 5.92 Å². The van der Waals surface area contributed by atoms with Crippen molar-refractivity contribution in [2.75, 3.05) is 6.61 Å². The molecule has 0 radical (unpaired) electrons. The van der Waals surface area contributed by atoms with Gasteiger partial charge >= 0.3 is 11.9 Å². The Morgan fingerprint density at radius 3 is 2.56 bits per heavy atom. The summed E-state index contributed by atoms with van der Waals surface area (Å²) in [6.45, 7) is 3.21. The van der Waals surface area contributed by atoms with Gasteiger partial charge in [-0.1, -0.05) is 41.9 Å². The Labute approximate surface area is 164 Å². The molecule has 1 heterocycles. The SMILES string of the molecule is C=CCOC(=O)[C@@H](C(N)C(=O)O)C(O)c1nc(-c2c(Cl)cccc2Cl)co1. The second-order valence-corrected chi connectivity index (χ2v) is 6.24. The lowest BCUT2D eigenvalue weighted by molar-refractivity contribution is -0.159. The molecule has 0 fully saturated rings. The predicted octanol–water partition coefficient (Wildman–Crippen LogP) is 2.44. The van der Waals surface area contributed by atoms with E-state index in [-0.39, 0.29) is 18.2 Å². The minimum atomic E-state index is -1.77. The quantitative estimate of drug-likeness (QED) is 0.442. The van der Waals surface area contributed by atoms with Gasteiger partial charge < -0.3 is 25.1 Å². The number of aromatic nitrogens is 1. The molecule has 4 N–H and O–H groups in total. The Bertz CT molecular complexity index is 833. The van der Waals surface area contributed by atoms with Crippen molar-refractivity contribution in [1.82, 2.24) is 4.98 Å². The molecular formula is C17H16Cl2N2O6. The summed E-state index contributed by atoms with van der Waals surface area (Å²) in [5.41, 5.74) is 6.09. The maximum absolute atomic E-state index is 12.2. The average Bonchev–Trinajstić information content (AvgIpc) is 3.09. The van der Waals surface area contributed by atoms with Gasteiger partial charge in [0.05, 0.1) is 10.0 Å². The minimum absolute atomic E-state index is 0.180. The summed E-state index contributed by atoms with van der Waals surface area (Å²) in [7, 11) is 0. The number of carboxylic acid groups (broad SMARTS) is 1. The average molecular weight is 415 g/mol. The monoisotopic (exact) mass is 414 g/mol. The molecule has 3 atom stereocenters. The third-order valence-electron chi connectivity index (χ3n) is 3.62. The Morgan fingerprint density at radius 2 is 2.00 bits per heavy atom. The highest BCUT2D eigenvalue weighted by Gasteiger charge is 2.41. The predicted molar refractivity (Wildman–Crippen MR) is 97.2 cm³/mol. The highest BCUT2D eigenvalue weighted by molar-refractivity contribution is 6.39. The number of ether oxygens (including phenoxy) is 1. The highest BCUT2D eigenvalue weighted by atomic mass is 35.5. The first-order chi connectivity index (χ1) is 12.8. The molecule has 2 aromatic rings. The van der Waals surface area contributed by atoms with Crippen LogP contribution in [0.2, 0.25) is 10.0 Å². The van der Waals surface area contributed by atoms with E-state index in [0.29, 0.717) is 15.6 Å². The van der Waals surface area contributed by atoms with Crippen molar-refractivity contribution in [3.63, 3.8) is 0 Å². The van der Waals surface area contributed by atoms with Crippen molar-refractivity contribution in [3.8, 4) is 11.3 Å². The molecule has 2 unspecified atom stereocenters. The van der Waals surface area contributed by atoms with Crippen LogP contribution in [0.3, 0.4) is 0 Å². The molecule has 27 heavy (non-hydrogen) atoms. The number of aliphatic hydroxyl groups is 1. The Hall–Kier alpha value is -2.39. The van der Waals surface area contributed by atoms with Gasteiger partial charge in [0, 0.05) is 5.56 Å². The lowest BCUT2D eigenvalue weighted by atomic mass is 9.94. The summed E-state index contributed by atoms with van der Waals surface area (Å²) in [6, 6.07) is 3.06. The number of benzene rings is 1. The second-order valence-electron chi connectivity index (χ2n) is 5.42. The van der Waals surface area contributed by atoms with Gasteiger partial charge in [-0.2, -0.15) is 0 Å². The number of nitrogens with two attached hydrogens (primary N) is 1. The number of carbonyl (C=O) groups is 2. The van der Waals surface area contributed by atoms with Crippen LogP contribution in [0.25, 0.3) is 11.3 Å². The summed E-state index contributed by atoms with van der Waals surface area (Å²) in [4.78, 5) is 27.4. The van der Waals surface area contributed by atoms with E-state index in [1.54, 1.807) is 18.2 Å². The van der Waals surface area contributed by atoms with Gasteiger partial charge in [0.1, 0.15) is 36.6 Å². The third-order valence-corrected chi connectivity index (χ3v) is 4.25. The molecule has 0 saturated carbocycles. The molecule has 0 aliphatic carbocycles. The van der Waals surface area contributed by atoms with E-state index < -0.39 is 30.0 Å². The molecule has 1 aromatic heterocycles. The zero-order valence-corrected chi connectivity index (χ0v) is 15.4. The number of halogens is 2. The molecule has 2 rings (SSSR count). The molecule has 0 aliphatic heterocycles. The van der Waals surface area contributed by atoms with E-state index in [1.807, 2.05) is 0 Å². The smallest absolute Gasteiger partial charge is 0.321 e. The van der Waals surface area contributed by atoms with Crippen LogP contribution in [-0.4, -0.2) is 39.8 Å². The van der Waals surface area contributed by atoms with Crippen LogP contribution in [0.15, 0.2) is 41.5 Å². The van der Waals surface area contributed by atoms with E-state index in [4.69, 9.17) is 43.2 Å². The van der Waals surface area contributed by atoms with Gasteiger partial charge in [0.25, 0.3) is 0 Å². The largest absolute Gasteiger partial charge is 0.480 e. The first-order valence-corrected chi connectivity index (χ1v) is 8.37. The summed E-state index contributed by atoms with van der Waals surface area (Å²) in [6.07, 6.45) is 0.684. The fourth-order valence-corrected chi connectivity index (χ4v) is 2.89. The van der Waals surface area contributed by atoms with Crippen LogP contribution < -0.4 is 5.73 Å². The lowest BCUT2D eigenvalue weighted by Crippen LogP contribution is -2.45. The fraction of sp³-hybridized carbons (Fsp3) is 0.235. The van der Waals surface area contributed by atoms with Crippen molar-refractivity contribution in [1.29, 1.82) is 0 Å². The highest BCUT2D eigenvalue weighted by Crippen LogP contribution is 2.35. The van der Waals surface area contributed by atoms with E-state index in [0.717, 1.165) is 0 Å². The molecule has 8 nitrogen and oxygen atoms in total. The molecule has 0 amide bonds. The summed E-state index contributed by atoms with van der Waals surface area (Å²) in [5, 5.41) is 20.2. The number of carbonyl (C=O) groups excluding carboxylic acids is 1. The molecule has 1 aromatic carbocycles. The number of rotatable bonds is 8. The van der Waals surface area contributed by atoms with E-state index in [9.17, 15) is 14.7 Å². The first-order valence-electron chi connectivity index (χ1n) is 7.61. The van der Waals surface area contributed by atoms with Crippen molar-refractivity contribution in [2.45, 2.75) is 12.1 Å². The van der Waals surface area contributed by atoms with Crippen LogP contribution in [0.4, 0.5) is 0 Å². The van der Waals surface area contributed by atoms with Gasteiger partial charge in [-0.3, -0.25) is 9.59 Å². The Morgan fingerprint density at radius 1 is 1.37 bits per heavy atom. The number of nitrogens with zero attached hydrogens (tertiary/aromatic N) is 1. The van der Waals surface area contributed by atoms with Crippen LogP contribution >= 0.6 is 23.2 Å². The Kier molecular flexibility index (Phi) is 6.98. The van der Waals surface area contributed by atoms with Gasteiger partial charge in [-0.05, 0) is 12.1 Å². The fourth-order valence-electron chi connectivity index (χ4n) is 2.30. The minimum Gasteiger partial charge on any atom is -0.480 e. The molecule has 0 aliphatic rings. The molecule has 0 saturated heterocycles. The lowest BCUT2D eigenvalue weighted by Gasteiger charge is -2.22. The summed E-state index contributed by atoms with van der Waals surface area (Å²) in [5.74, 6) is -4.53. The standard InChI is InChI=1S/C17H16Cl2N2O6/c1-2-6-26-17(25)12(13(20)16(23)24)14(22)15-21-10(7-27-15)11-8(18)4-3-5-9(11)19/h2-5,7,12-14,22H,1,6,20H2,(H,23,24)/t12-,13?,14?/m0/s1. The van der Waals surface area contributed by atoms with Gasteiger partial charge in [0.2, 0.25) is 5.89 Å². The summed E-state index contributed by atoms with van der Waals surface area (Å²) < 4.78 is 10.0. The van der Waals surface area contributed by atoms with Crippen molar-refractivity contribution >= 4 is 35.1 Å². The van der Waals surface area contributed by atoms with Crippen LogP contribution in [0.1, 0.15) is 12.0 Å². The van der Waals surface area contributed by atoms with E-state index >= 15 is 0 Å². The maximum Gasteiger partial charge on any atom is 0.321 e. The van der Waals surface area contributed by atoms with Crippen LogP contribution in [0.5, 0.6) is 0 Å². The maximum atomic E-state index is 12.2. The number of aliphatic carboxylic acids is 1. The topological polar surface area (TPSA) is 136 Å². The number of oxazole rings is 1. The number of esters is 1. The van der Waals surface area contributed by atoms with E-state index in [2.05, 4.69) is 11.6 Å². The van der Waals surface area contributed by atoms with Gasteiger partial charge in [-0.25, -0.2) is 4.98 Å². The summed E-state index contributed by atoms with van der Waals surface area (Å²) >= 11 is 12.2. The number of hydrogen-bond acceptors (Lipinski definition) is 7. The zero-order chi connectivity index (χ0) is 20.1. The molecule has 0 bridgehead atoms. The molecular weight excluding hydrogens is 399 g/mol. The Balaban J connectivity index is 2.37. The van der Waals surface area contributed by atoms with Crippen molar-refractivity contribution in [2.24, 2.45) is 11.7 Å². The second kappa shape index (κ2) is 9.01. The van der Waals surface area contributed by atoms with Gasteiger partial charge in [-0.15, -0.1) is 0 Å². The zero-order valence-electron chi connectivity index (χ0n) is 13.8. The van der Waals surface area contributed by atoms with Crippen molar-refractivity contribution in [3.05, 3.63) is 53.1 Å². The molecule has 0 spiro atoms. The molecule has 10 heteroatoms. The van der Waals surface area contributed by atoms with Crippen molar-refractivity contribution < 1.29 is 29.0 Å². The van der Waals surface area contributed by atoms with Gasteiger partial charge in [0.15, 0.2) is 0 Å². The van der Waals surface area contributed by atoms with Crippen LogP contribution in [-0.2, 0) is 14.3 Å². The molecule has 144 valence electrons.